The fraction of sp³-hybridized carbons (Fsp3) is 0.417. The number of anilines is 1. The van der Waals surface area contributed by atoms with Crippen molar-refractivity contribution in [2.24, 2.45) is 4.99 Å². The monoisotopic (exact) mass is 534 g/mol. The molecule has 0 saturated carbocycles. The highest BCUT2D eigenvalue weighted by atomic mass is 127. The number of piperidine rings is 1. The van der Waals surface area contributed by atoms with E-state index in [1.165, 1.54) is 5.56 Å². The second kappa shape index (κ2) is 11.4. The van der Waals surface area contributed by atoms with Crippen molar-refractivity contribution in [2.45, 2.75) is 38.3 Å². The van der Waals surface area contributed by atoms with E-state index in [0.29, 0.717) is 13.0 Å². The molecule has 2 aromatic rings. The third-order valence-electron chi connectivity index (χ3n) is 5.77. The number of benzene rings is 2. The fourth-order valence-corrected chi connectivity index (χ4v) is 4.11. The summed E-state index contributed by atoms with van der Waals surface area (Å²) in [5, 5.41) is 3.47. The van der Waals surface area contributed by atoms with Crippen LogP contribution in [0.3, 0.4) is 0 Å². The van der Waals surface area contributed by atoms with E-state index in [-0.39, 0.29) is 36.0 Å². The highest BCUT2D eigenvalue weighted by Crippen LogP contribution is 2.22. The maximum atomic E-state index is 11.9. The Bertz CT molecular complexity index is 865. The van der Waals surface area contributed by atoms with Gasteiger partial charge in [-0.05, 0) is 36.2 Å². The quantitative estimate of drug-likeness (QED) is 0.358. The minimum atomic E-state index is 0. The summed E-state index contributed by atoms with van der Waals surface area (Å²) in [6, 6.07) is 18.3. The zero-order valence-corrected chi connectivity index (χ0v) is 20.3. The van der Waals surface area contributed by atoms with Gasteiger partial charge in [0.15, 0.2) is 5.96 Å². The van der Waals surface area contributed by atoms with Crippen molar-refractivity contribution in [3.63, 3.8) is 0 Å². The first kappa shape index (κ1) is 23.4. The van der Waals surface area contributed by atoms with Gasteiger partial charge in [-0.1, -0.05) is 30.3 Å². The Balaban J connectivity index is 0.00000272. The van der Waals surface area contributed by atoms with Crippen LogP contribution in [0.5, 0.6) is 5.75 Å². The van der Waals surface area contributed by atoms with Crippen LogP contribution < -0.4 is 15.0 Å². The van der Waals surface area contributed by atoms with Gasteiger partial charge in [0.1, 0.15) is 11.9 Å². The molecule has 1 amide bonds. The lowest BCUT2D eigenvalue weighted by atomic mass is 10.1. The molecule has 2 fully saturated rings. The molecule has 7 heteroatoms. The first-order valence-corrected chi connectivity index (χ1v) is 10.8. The highest BCUT2D eigenvalue weighted by molar-refractivity contribution is 14.0. The molecule has 0 atom stereocenters. The van der Waals surface area contributed by atoms with Crippen LogP contribution in [0.4, 0.5) is 5.69 Å². The van der Waals surface area contributed by atoms with E-state index in [2.05, 4.69) is 27.3 Å². The third kappa shape index (κ3) is 6.12. The van der Waals surface area contributed by atoms with Crippen LogP contribution in [0.2, 0.25) is 0 Å². The summed E-state index contributed by atoms with van der Waals surface area (Å²) >= 11 is 0. The number of carbonyl (C=O) groups is 1. The lowest BCUT2D eigenvalue weighted by Gasteiger charge is -2.34. The lowest BCUT2D eigenvalue weighted by Crippen LogP contribution is -2.47. The first-order valence-electron chi connectivity index (χ1n) is 10.8. The number of ether oxygens (including phenoxy) is 1. The Hall–Kier alpha value is -2.29. The summed E-state index contributed by atoms with van der Waals surface area (Å²) in [6.45, 7) is 3.38. The van der Waals surface area contributed by atoms with Crippen LogP contribution in [0.15, 0.2) is 59.6 Å². The maximum Gasteiger partial charge on any atom is 0.227 e. The van der Waals surface area contributed by atoms with E-state index in [1.807, 2.05) is 54.4 Å². The van der Waals surface area contributed by atoms with Gasteiger partial charge in [0.05, 0.1) is 0 Å². The Labute approximate surface area is 201 Å². The molecule has 31 heavy (non-hydrogen) atoms. The Morgan fingerprint density at radius 2 is 1.77 bits per heavy atom. The van der Waals surface area contributed by atoms with E-state index in [1.54, 1.807) is 0 Å². The molecule has 0 aliphatic carbocycles. The Morgan fingerprint density at radius 3 is 2.39 bits per heavy atom. The van der Waals surface area contributed by atoms with Crippen molar-refractivity contribution in [1.29, 1.82) is 0 Å². The van der Waals surface area contributed by atoms with Crippen LogP contribution in [-0.2, 0) is 11.3 Å². The van der Waals surface area contributed by atoms with Crippen molar-refractivity contribution in [3.05, 3.63) is 60.2 Å². The summed E-state index contributed by atoms with van der Waals surface area (Å²) < 4.78 is 6.09. The van der Waals surface area contributed by atoms with E-state index >= 15 is 0 Å². The number of aliphatic imine (C=N–C) groups is 1. The number of rotatable bonds is 5. The van der Waals surface area contributed by atoms with Crippen molar-refractivity contribution in [3.8, 4) is 5.75 Å². The summed E-state index contributed by atoms with van der Waals surface area (Å²) in [6.07, 6.45) is 3.82. The molecular weight excluding hydrogens is 503 g/mol. The molecule has 1 N–H and O–H groups in total. The first-order chi connectivity index (χ1) is 14.7. The maximum absolute atomic E-state index is 11.9. The van der Waals surface area contributed by atoms with Crippen LogP contribution in [0.25, 0.3) is 0 Å². The topological polar surface area (TPSA) is 57.2 Å². The van der Waals surface area contributed by atoms with Gasteiger partial charge < -0.3 is 19.9 Å². The second-order valence-electron chi connectivity index (χ2n) is 7.83. The predicted octanol–water partition coefficient (Wildman–Crippen LogP) is 4.05. The summed E-state index contributed by atoms with van der Waals surface area (Å²) in [5.41, 5.74) is 2.17. The molecule has 2 aliphatic rings. The van der Waals surface area contributed by atoms with Gasteiger partial charge in [0.2, 0.25) is 5.91 Å². The van der Waals surface area contributed by atoms with Crippen LogP contribution in [0, 0.1) is 0 Å². The van der Waals surface area contributed by atoms with Crippen LogP contribution in [-0.4, -0.2) is 49.6 Å². The molecule has 166 valence electrons. The van der Waals surface area contributed by atoms with Crippen molar-refractivity contribution in [2.75, 3.05) is 31.6 Å². The minimum Gasteiger partial charge on any atom is -0.490 e. The number of para-hydroxylation sites is 1. The lowest BCUT2D eigenvalue weighted by molar-refractivity contribution is -0.117. The molecule has 0 spiro atoms. The van der Waals surface area contributed by atoms with Gasteiger partial charge in [-0.15, -0.1) is 24.0 Å². The molecule has 2 aromatic carbocycles. The molecule has 2 heterocycles. The summed E-state index contributed by atoms with van der Waals surface area (Å²) in [7, 11) is 1.83. The molecule has 0 bridgehead atoms. The fourth-order valence-electron chi connectivity index (χ4n) is 4.11. The number of halogens is 1. The van der Waals surface area contributed by atoms with E-state index in [4.69, 9.17) is 4.74 Å². The largest absolute Gasteiger partial charge is 0.490 e. The van der Waals surface area contributed by atoms with E-state index in [9.17, 15) is 4.79 Å². The second-order valence-corrected chi connectivity index (χ2v) is 7.83. The zero-order chi connectivity index (χ0) is 20.8. The van der Waals surface area contributed by atoms with E-state index < -0.39 is 0 Å². The van der Waals surface area contributed by atoms with Gasteiger partial charge in [0, 0.05) is 58.2 Å². The smallest absolute Gasteiger partial charge is 0.227 e. The van der Waals surface area contributed by atoms with Crippen molar-refractivity contribution in [1.82, 2.24) is 10.2 Å². The molecule has 6 nitrogen and oxygen atoms in total. The minimum absolute atomic E-state index is 0. The average Bonchev–Trinajstić information content (AvgIpc) is 3.22. The van der Waals surface area contributed by atoms with Gasteiger partial charge in [-0.2, -0.15) is 0 Å². The van der Waals surface area contributed by atoms with Crippen molar-refractivity contribution < 1.29 is 9.53 Å². The molecular formula is C24H31IN4O2. The number of likely N-dealkylation sites (tertiary alicyclic amines) is 1. The van der Waals surface area contributed by atoms with Gasteiger partial charge in [-0.25, -0.2) is 0 Å². The standard InChI is InChI=1S/C24H30N4O2.HI/c1-25-24(27-16-13-22(14-17-27)30-21-6-3-2-4-7-21)26-18-19-9-11-20(12-10-19)28-15-5-8-23(28)29;/h2-4,6-7,9-12,22H,5,8,13-18H2,1H3,(H,25,26);1H. The predicted molar refractivity (Wildman–Crippen MR) is 135 cm³/mol. The molecule has 2 aliphatic heterocycles. The molecule has 2 saturated heterocycles. The number of hydrogen-bond acceptors (Lipinski definition) is 3. The normalized spacial score (nSPS) is 17.5. The average molecular weight is 534 g/mol. The number of guanidine groups is 1. The molecule has 0 aromatic heterocycles. The summed E-state index contributed by atoms with van der Waals surface area (Å²) in [5.74, 6) is 2.09. The number of hydrogen-bond donors (Lipinski definition) is 1. The number of amides is 1. The Kier molecular flexibility index (Phi) is 8.57. The van der Waals surface area contributed by atoms with Crippen molar-refractivity contribution >= 4 is 41.5 Å². The van der Waals surface area contributed by atoms with Crippen LogP contribution >= 0.6 is 24.0 Å². The van der Waals surface area contributed by atoms with E-state index in [0.717, 1.165) is 56.3 Å². The van der Waals surface area contributed by atoms with Gasteiger partial charge in [-0.3, -0.25) is 9.79 Å². The van der Waals surface area contributed by atoms with Gasteiger partial charge in [0.25, 0.3) is 0 Å². The molecule has 0 unspecified atom stereocenters. The number of nitrogens with zero attached hydrogens (tertiary/aromatic N) is 3. The summed E-state index contributed by atoms with van der Waals surface area (Å²) in [4.78, 5) is 20.5. The Morgan fingerprint density at radius 1 is 1.06 bits per heavy atom. The molecule has 0 radical (unpaired) electrons. The number of nitrogens with one attached hydrogen (secondary N) is 1. The highest BCUT2D eigenvalue weighted by Gasteiger charge is 2.23. The third-order valence-corrected chi connectivity index (χ3v) is 5.77. The van der Waals surface area contributed by atoms with Crippen LogP contribution in [0.1, 0.15) is 31.2 Å². The van der Waals surface area contributed by atoms with Gasteiger partial charge >= 0.3 is 0 Å². The molecule has 4 rings (SSSR count). The number of carbonyl (C=O) groups excluding carboxylic acids is 1. The SMILES string of the molecule is CN=C(NCc1ccc(N2CCCC2=O)cc1)N1CCC(Oc2ccccc2)CC1.I. The zero-order valence-electron chi connectivity index (χ0n) is 18.0.